The molecule has 1 rings (SSSR count). The molecule has 1 nitrogen and oxygen atoms in total. The Morgan fingerprint density at radius 1 is 1.27 bits per heavy atom. The molecule has 11 heavy (non-hydrogen) atoms. The van der Waals surface area contributed by atoms with Crippen LogP contribution in [-0.4, -0.2) is 11.4 Å². The zero-order valence-corrected chi connectivity index (χ0v) is 6.58. The molecule has 0 heterocycles. The third-order valence-electron chi connectivity index (χ3n) is 1.19. The highest BCUT2D eigenvalue weighted by atomic mass is 32.2. The van der Waals surface area contributed by atoms with E-state index in [1.807, 2.05) is 0 Å². The molecule has 0 unspecified atom stereocenters. The highest BCUT2D eigenvalue weighted by molar-refractivity contribution is 7.98. The summed E-state index contributed by atoms with van der Waals surface area (Å²) in [6.07, 6.45) is 1.57. The summed E-state index contributed by atoms with van der Waals surface area (Å²) in [5.41, 5.74) is 0. The van der Waals surface area contributed by atoms with E-state index in [0.29, 0.717) is 0 Å². The SMILES string of the molecule is CSc1c(F)cc(O)cc1F. The van der Waals surface area contributed by atoms with Crippen LogP contribution in [0.15, 0.2) is 17.0 Å². The second kappa shape index (κ2) is 3.09. The first kappa shape index (κ1) is 8.33. The van der Waals surface area contributed by atoms with Crippen molar-refractivity contribution in [2.75, 3.05) is 6.26 Å². The zero-order valence-electron chi connectivity index (χ0n) is 5.77. The number of rotatable bonds is 1. The van der Waals surface area contributed by atoms with Gasteiger partial charge < -0.3 is 5.11 Å². The van der Waals surface area contributed by atoms with Crippen molar-refractivity contribution in [1.82, 2.24) is 0 Å². The van der Waals surface area contributed by atoms with Crippen LogP contribution in [0.1, 0.15) is 0 Å². The maximum absolute atomic E-state index is 12.7. The van der Waals surface area contributed by atoms with E-state index in [0.717, 1.165) is 23.9 Å². The molecule has 0 aliphatic heterocycles. The fourth-order valence-electron chi connectivity index (χ4n) is 0.742. The number of benzene rings is 1. The molecule has 0 radical (unpaired) electrons. The van der Waals surface area contributed by atoms with Crippen LogP contribution < -0.4 is 0 Å². The summed E-state index contributed by atoms with van der Waals surface area (Å²) >= 11 is 0.970. The molecule has 1 N–H and O–H groups in total. The lowest BCUT2D eigenvalue weighted by molar-refractivity contribution is 0.452. The molecule has 0 bridgehead atoms. The highest BCUT2D eigenvalue weighted by Gasteiger charge is 2.08. The minimum Gasteiger partial charge on any atom is -0.508 e. The Labute approximate surface area is 67.0 Å². The van der Waals surface area contributed by atoms with Gasteiger partial charge in [-0.1, -0.05) is 0 Å². The number of hydrogen-bond donors (Lipinski definition) is 1. The maximum atomic E-state index is 12.7. The van der Waals surface area contributed by atoms with Gasteiger partial charge in [-0.3, -0.25) is 0 Å². The lowest BCUT2D eigenvalue weighted by Gasteiger charge is -2.00. The molecule has 0 amide bonds. The Bertz CT molecular complexity index is 252. The molecular weight excluding hydrogens is 170 g/mol. The number of halogens is 2. The maximum Gasteiger partial charge on any atom is 0.143 e. The standard InChI is InChI=1S/C7H6F2OS/c1-11-7-5(8)2-4(10)3-6(7)9/h2-3,10H,1H3. The second-order valence-corrected chi connectivity index (χ2v) is 2.76. The van der Waals surface area contributed by atoms with Crippen molar-refractivity contribution in [1.29, 1.82) is 0 Å². The molecule has 0 aromatic heterocycles. The monoisotopic (exact) mass is 176 g/mol. The lowest BCUT2D eigenvalue weighted by atomic mass is 10.3. The van der Waals surface area contributed by atoms with Gasteiger partial charge in [0.2, 0.25) is 0 Å². The van der Waals surface area contributed by atoms with Gasteiger partial charge in [0.25, 0.3) is 0 Å². The fourth-order valence-corrected chi connectivity index (χ4v) is 1.25. The Morgan fingerprint density at radius 2 is 1.73 bits per heavy atom. The zero-order chi connectivity index (χ0) is 8.43. The smallest absolute Gasteiger partial charge is 0.143 e. The van der Waals surface area contributed by atoms with Crippen LogP contribution in [0.3, 0.4) is 0 Å². The van der Waals surface area contributed by atoms with Gasteiger partial charge in [0.05, 0.1) is 4.90 Å². The van der Waals surface area contributed by atoms with Gasteiger partial charge in [-0.15, -0.1) is 11.8 Å². The lowest BCUT2D eigenvalue weighted by Crippen LogP contribution is -1.85. The average molecular weight is 176 g/mol. The van der Waals surface area contributed by atoms with E-state index in [4.69, 9.17) is 5.11 Å². The summed E-state index contributed by atoms with van der Waals surface area (Å²) in [7, 11) is 0. The molecule has 0 saturated carbocycles. The van der Waals surface area contributed by atoms with Crippen LogP contribution in [0.4, 0.5) is 8.78 Å². The Balaban J connectivity index is 3.25. The first-order chi connectivity index (χ1) is 5.15. The van der Waals surface area contributed by atoms with Crippen molar-refractivity contribution in [2.24, 2.45) is 0 Å². The number of thioether (sulfide) groups is 1. The van der Waals surface area contributed by atoms with Crippen molar-refractivity contribution >= 4 is 11.8 Å². The van der Waals surface area contributed by atoms with Crippen LogP contribution in [0.25, 0.3) is 0 Å². The van der Waals surface area contributed by atoms with E-state index in [-0.39, 0.29) is 4.90 Å². The average Bonchev–Trinajstić information content (AvgIpc) is 1.85. The van der Waals surface area contributed by atoms with Gasteiger partial charge in [0, 0.05) is 12.1 Å². The minimum absolute atomic E-state index is 0.0669. The number of phenolic OH excluding ortho intramolecular Hbond substituents is 1. The van der Waals surface area contributed by atoms with Crippen molar-refractivity contribution < 1.29 is 13.9 Å². The topological polar surface area (TPSA) is 20.2 Å². The van der Waals surface area contributed by atoms with E-state index in [1.54, 1.807) is 6.26 Å². The molecule has 0 saturated heterocycles. The molecule has 0 spiro atoms. The molecule has 0 aliphatic rings. The molecular formula is C7H6F2OS. The number of aromatic hydroxyl groups is 1. The van der Waals surface area contributed by atoms with Gasteiger partial charge in [0.15, 0.2) is 0 Å². The Kier molecular flexibility index (Phi) is 2.34. The summed E-state index contributed by atoms with van der Waals surface area (Å²) < 4.78 is 25.4. The van der Waals surface area contributed by atoms with Crippen LogP contribution in [-0.2, 0) is 0 Å². The highest BCUT2D eigenvalue weighted by Crippen LogP contribution is 2.26. The number of hydrogen-bond acceptors (Lipinski definition) is 2. The van der Waals surface area contributed by atoms with Gasteiger partial charge in [-0.05, 0) is 6.26 Å². The number of phenols is 1. The minimum atomic E-state index is -0.727. The van der Waals surface area contributed by atoms with E-state index in [2.05, 4.69) is 0 Å². The van der Waals surface area contributed by atoms with Crippen molar-refractivity contribution in [2.45, 2.75) is 4.90 Å². The molecule has 4 heteroatoms. The third-order valence-corrected chi connectivity index (χ3v) is 1.99. The van der Waals surface area contributed by atoms with Gasteiger partial charge in [-0.2, -0.15) is 0 Å². The molecule has 0 fully saturated rings. The second-order valence-electron chi connectivity index (χ2n) is 1.94. The molecule has 0 aliphatic carbocycles. The normalized spacial score (nSPS) is 10.1. The summed E-state index contributed by atoms with van der Waals surface area (Å²) in [4.78, 5) is -0.0669. The summed E-state index contributed by atoms with van der Waals surface area (Å²) in [5.74, 6) is -1.84. The van der Waals surface area contributed by atoms with E-state index >= 15 is 0 Å². The van der Waals surface area contributed by atoms with Gasteiger partial charge in [-0.25, -0.2) is 8.78 Å². The third kappa shape index (κ3) is 1.63. The van der Waals surface area contributed by atoms with Crippen LogP contribution in [0.5, 0.6) is 5.75 Å². The van der Waals surface area contributed by atoms with E-state index in [1.165, 1.54) is 0 Å². The molecule has 0 atom stereocenters. The first-order valence-electron chi connectivity index (χ1n) is 2.87. The summed E-state index contributed by atoms with van der Waals surface area (Å²) in [5, 5.41) is 8.72. The quantitative estimate of drug-likeness (QED) is 0.663. The van der Waals surface area contributed by atoms with Crippen molar-refractivity contribution in [3.8, 4) is 5.75 Å². The summed E-state index contributed by atoms with van der Waals surface area (Å²) in [6, 6.07) is 1.77. The fraction of sp³-hybridized carbons (Fsp3) is 0.143. The first-order valence-corrected chi connectivity index (χ1v) is 4.09. The molecule has 1 aromatic rings. The van der Waals surface area contributed by atoms with Crippen molar-refractivity contribution in [3.63, 3.8) is 0 Å². The predicted octanol–water partition coefficient (Wildman–Crippen LogP) is 2.39. The Hall–Kier alpha value is -0.770. The van der Waals surface area contributed by atoms with E-state index < -0.39 is 17.4 Å². The largest absolute Gasteiger partial charge is 0.508 e. The summed E-state index contributed by atoms with van der Waals surface area (Å²) in [6.45, 7) is 0. The van der Waals surface area contributed by atoms with Crippen LogP contribution in [0, 0.1) is 11.6 Å². The van der Waals surface area contributed by atoms with Gasteiger partial charge in [0.1, 0.15) is 17.4 Å². The van der Waals surface area contributed by atoms with Crippen molar-refractivity contribution in [3.05, 3.63) is 23.8 Å². The van der Waals surface area contributed by atoms with E-state index in [9.17, 15) is 8.78 Å². The Morgan fingerprint density at radius 3 is 2.09 bits per heavy atom. The molecule has 60 valence electrons. The van der Waals surface area contributed by atoms with Crippen LogP contribution >= 0.6 is 11.8 Å². The predicted molar refractivity (Wildman–Crippen MR) is 39.8 cm³/mol. The van der Waals surface area contributed by atoms with Gasteiger partial charge >= 0.3 is 0 Å². The van der Waals surface area contributed by atoms with Crippen LogP contribution in [0.2, 0.25) is 0 Å². The molecule has 1 aromatic carbocycles.